The largest absolute Gasteiger partial charge is 0.463 e. The zero-order chi connectivity index (χ0) is 15.4. The molecule has 112 valence electrons. The molecule has 0 fully saturated rings. The van der Waals surface area contributed by atoms with Gasteiger partial charge in [0.05, 0.1) is 0 Å². The molecule has 0 saturated carbocycles. The van der Waals surface area contributed by atoms with Crippen LogP contribution in [0.3, 0.4) is 0 Å². The summed E-state index contributed by atoms with van der Waals surface area (Å²) >= 11 is 0. The number of ketones is 2. The number of Topliss-reactive ketones (excluding diaryl/α,β-unsaturated/α-hetero) is 2. The Balaban J connectivity index is 2.41. The third-order valence-electron chi connectivity index (χ3n) is 3.46. The van der Waals surface area contributed by atoms with E-state index in [1.54, 1.807) is 24.3 Å². The number of hydrogen-bond donors (Lipinski definition) is 0. The average Bonchev–Trinajstić information content (AvgIpc) is 2.48. The summed E-state index contributed by atoms with van der Waals surface area (Å²) in [5, 5.41) is 0. The molecule has 0 aromatic heterocycles. The highest BCUT2D eigenvalue weighted by molar-refractivity contribution is 6.26. The van der Waals surface area contributed by atoms with Gasteiger partial charge in [0.2, 0.25) is 5.78 Å². The van der Waals surface area contributed by atoms with Gasteiger partial charge >= 0.3 is 0 Å². The van der Waals surface area contributed by atoms with E-state index in [-0.39, 0.29) is 24.1 Å². The predicted octanol–water partition coefficient (Wildman–Crippen LogP) is 3.38. The van der Waals surface area contributed by atoms with Crippen LogP contribution in [0.4, 0.5) is 0 Å². The Bertz CT molecular complexity index is 584. The van der Waals surface area contributed by atoms with Crippen LogP contribution in [0.2, 0.25) is 0 Å². The summed E-state index contributed by atoms with van der Waals surface area (Å²) in [6.07, 6.45) is 1.37. The molecule has 1 aliphatic carbocycles. The molecule has 0 heterocycles. The lowest BCUT2D eigenvalue weighted by Gasteiger charge is -2.21. The monoisotopic (exact) mass is 288 g/mol. The summed E-state index contributed by atoms with van der Waals surface area (Å²) in [6.45, 7) is 4.13. The Morgan fingerprint density at radius 1 is 1.05 bits per heavy atom. The van der Waals surface area contributed by atoms with Crippen LogP contribution in [0.15, 0.2) is 35.6 Å². The maximum atomic E-state index is 12.6. The van der Waals surface area contributed by atoms with Gasteiger partial charge in [-0.1, -0.05) is 38.1 Å². The third-order valence-corrected chi connectivity index (χ3v) is 3.46. The van der Waals surface area contributed by atoms with Gasteiger partial charge in [-0.05, 0) is 18.8 Å². The first-order chi connectivity index (χ1) is 10.1. The fourth-order valence-electron chi connectivity index (χ4n) is 2.33. The number of allylic oxidation sites excluding steroid dienone is 2. The SMILES string of the molecule is COCOC1=C(CCC(C)C)C(=O)c2ccccc2C1=O. The molecule has 0 spiro atoms. The van der Waals surface area contributed by atoms with E-state index in [9.17, 15) is 9.59 Å². The average molecular weight is 288 g/mol. The molecule has 0 radical (unpaired) electrons. The molecule has 0 N–H and O–H groups in total. The summed E-state index contributed by atoms with van der Waals surface area (Å²) in [4.78, 5) is 25.2. The number of benzene rings is 1. The van der Waals surface area contributed by atoms with Gasteiger partial charge in [-0.3, -0.25) is 9.59 Å². The van der Waals surface area contributed by atoms with Gasteiger partial charge in [0.25, 0.3) is 0 Å². The van der Waals surface area contributed by atoms with Crippen molar-refractivity contribution in [3.05, 3.63) is 46.7 Å². The Hall–Kier alpha value is -1.94. The van der Waals surface area contributed by atoms with E-state index in [0.29, 0.717) is 29.0 Å². The van der Waals surface area contributed by atoms with Crippen LogP contribution in [0.25, 0.3) is 0 Å². The number of rotatable bonds is 6. The zero-order valence-corrected chi connectivity index (χ0v) is 12.6. The number of carbonyl (C=O) groups excluding carboxylic acids is 2. The highest BCUT2D eigenvalue weighted by atomic mass is 16.7. The van der Waals surface area contributed by atoms with Gasteiger partial charge < -0.3 is 9.47 Å². The summed E-state index contributed by atoms with van der Waals surface area (Å²) in [5.41, 5.74) is 1.33. The van der Waals surface area contributed by atoms with Gasteiger partial charge in [-0.15, -0.1) is 0 Å². The quantitative estimate of drug-likeness (QED) is 0.753. The normalized spacial score (nSPS) is 14.7. The smallest absolute Gasteiger partial charge is 0.228 e. The topological polar surface area (TPSA) is 52.6 Å². The van der Waals surface area contributed by atoms with Crippen molar-refractivity contribution in [2.45, 2.75) is 26.7 Å². The van der Waals surface area contributed by atoms with E-state index in [0.717, 1.165) is 6.42 Å². The number of methoxy groups -OCH3 is 1. The van der Waals surface area contributed by atoms with Gasteiger partial charge in [0.1, 0.15) is 0 Å². The lowest BCUT2D eigenvalue weighted by atomic mass is 9.85. The second-order valence-corrected chi connectivity index (χ2v) is 5.49. The van der Waals surface area contributed by atoms with Crippen LogP contribution in [0.1, 0.15) is 47.4 Å². The van der Waals surface area contributed by atoms with Crippen LogP contribution >= 0.6 is 0 Å². The fraction of sp³-hybridized carbons (Fsp3) is 0.412. The van der Waals surface area contributed by atoms with E-state index < -0.39 is 0 Å². The van der Waals surface area contributed by atoms with Crippen molar-refractivity contribution in [1.82, 2.24) is 0 Å². The van der Waals surface area contributed by atoms with E-state index in [1.165, 1.54) is 7.11 Å². The Morgan fingerprint density at radius 2 is 1.67 bits per heavy atom. The standard InChI is InChI=1S/C17H20O4/c1-11(2)8-9-14-15(18)12-6-4-5-7-13(12)16(19)17(14)21-10-20-3/h4-7,11H,8-10H2,1-3H3. The molecule has 1 aromatic carbocycles. The second kappa shape index (κ2) is 6.68. The summed E-state index contributed by atoms with van der Waals surface area (Å²) < 4.78 is 10.3. The van der Waals surface area contributed by atoms with E-state index in [4.69, 9.17) is 9.47 Å². The summed E-state index contributed by atoms with van der Waals surface area (Å²) in [6, 6.07) is 6.87. The molecule has 2 rings (SSSR count). The molecule has 0 amide bonds. The highest BCUT2D eigenvalue weighted by Gasteiger charge is 2.33. The molecule has 0 aliphatic heterocycles. The zero-order valence-electron chi connectivity index (χ0n) is 12.6. The lowest BCUT2D eigenvalue weighted by Crippen LogP contribution is -2.24. The number of ether oxygens (including phenoxy) is 2. The first-order valence-electron chi connectivity index (χ1n) is 7.09. The van der Waals surface area contributed by atoms with Gasteiger partial charge in [0.15, 0.2) is 18.3 Å². The van der Waals surface area contributed by atoms with Crippen molar-refractivity contribution in [3.8, 4) is 0 Å². The Labute approximate surface area is 124 Å². The van der Waals surface area contributed by atoms with E-state index in [1.807, 2.05) is 0 Å². The van der Waals surface area contributed by atoms with Gasteiger partial charge in [-0.2, -0.15) is 0 Å². The molecule has 4 heteroatoms. The Morgan fingerprint density at radius 3 is 2.24 bits per heavy atom. The van der Waals surface area contributed by atoms with Gasteiger partial charge in [0, 0.05) is 23.8 Å². The van der Waals surface area contributed by atoms with Crippen LogP contribution in [0.5, 0.6) is 0 Å². The third kappa shape index (κ3) is 3.22. The molecular formula is C17H20O4. The van der Waals surface area contributed by atoms with Crippen molar-refractivity contribution in [2.24, 2.45) is 5.92 Å². The van der Waals surface area contributed by atoms with Crippen molar-refractivity contribution in [1.29, 1.82) is 0 Å². The second-order valence-electron chi connectivity index (χ2n) is 5.49. The molecule has 4 nitrogen and oxygen atoms in total. The molecule has 0 saturated heterocycles. The lowest BCUT2D eigenvalue weighted by molar-refractivity contribution is 0.00345. The van der Waals surface area contributed by atoms with Crippen molar-refractivity contribution in [2.75, 3.05) is 13.9 Å². The van der Waals surface area contributed by atoms with Gasteiger partial charge in [-0.25, -0.2) is 0 Å². The van der Waals surface area contributed by atoms with Crippen molar-refractivity contribution in [3.63, 3.8) is 0 Å². The summed E-state index contributed by atoms with van der Waals surface area (Å²) in [7, 11) is 1.48. The molecule has 1 aliphatic rings. The number of fused-ring (bicyclic) bond motifs is 1. The van der Waals surface area contributed by atoms with Crippen LogP contribution in [0, 0.1) is 5.92 Å². The van der Waals surface area contributed by atoms with Crippen LogP contribution < -0.4 is 0 Å². The van der Waals surface area contributed by atoms with E-state index >= 15 is 0 Å². The molecule has 0 bridgehead atoms. The van der Waals surface area contributed by atoms with Crippen molar-refractivity contribution >= 4 is 11.6 Å². The van der Waals surface area contributed by atoms with Crippen LogP contribution in [-0.4, -0.2) is 25.5 Å². The van der Waals surface area contributed by atoms with Crippen LogP contribution in [-0.2, 0) is 9.47 Å². The maximum Gasteiger partial charge on any atom is 0.228 e. The van der Waals surface area contributed by atoms with E-state index in [2.05, 4.69) is 13.8 Å². The number of hydrogen-bond acceptors (Lipinski definition) is 4. The molecule has 1 aromatic rings. The minimum Gasteiger partial charge on any atom is -0.463 e. The first-order valence-corrected chi connectivity index (χ1v) is 7.09. The Kier molecular flexibility index (Phi) is 4.91. The predicted molar refractivity (Wildman–Crippen MR) is 79.2 cm³/mol. The minimum atomic E-state index is -0.235. The highest BCUT2D eigenvalue weighted by Crippen LogP contribution is 2.30. The summed E-state index contributed by atoms with van der Waals surface area (Å²) in [5.74, 6) is 0.236. The molecule has 0 unspecified atom stereocenters. The molecular weight excluding hydrogens is 268 g/mol. The molecule has 0 atom stereocenters. The first kappa shape index (κ1) is 15.4. The fourth-order valence-corrected chi connectivity index (χ4v) is 2.33. The number of carbonyl (C=O) groups is 2. The maximum absolute atomic E-state index is 12.6. The minimum absolute atomic E-state index is 0.0400. The molecule has 21 heavy (non-hydrogen) atoms. The van der Waals surface area contributed by atoms with Crippen molar-refractivity contribution < 1.29 is 19.1 Å².